The molecule has 0 spiro atoms. The van der Waals surface area contributed by atoms with E-state index in [1.54, 1.807) is 0 Å². The van der Waals surface area contributed by atoms with Gasteiger partial charge in [-0.15, -0.1) is 10.2 Å². The molecule has 1 fully saturated rings. The highest BCUT2D eigenvalue weighted by Crippen LogP contribution is 2.28. The Kier molecular flexibility index (Phi) is 4.17. The van der Waals surface area contributed by atoms with E-state index in [1.165, 1.54) is 17.2 Å². The summed E-state index contributed by atoms with van der Waals surface area (Å²) >= 11 is 0. The minimum absolute atomic E-state index is 0.522. The first-order valence-corrected chi connectivity index (χ1v) is 9.84. The molecule has 3 aromatic heterocycles. The minimum Gasteiger partial charge on any atom is -0.312 e. The summed E-state index contributed by atoms with van der Waals surface area (Å²) in [5.41, 5.74) is 3.44. The lowest BCUT2D eigenvalue weighted by Crippen LogP contribution is -2.35. The highest BCUT2D eigenvalue weighted by molar-refractivity contribution is 5.35. The van der Waals surface area contributed by atoms with Gasteiger partial charge in [0.1, 0.15) is 11.6 Å². The molecule has 0 atom stereocenters. The largest absolute Gasteiger partial charge is 0.312 e. The van der Waals surface area contributed by atoms with Crippen LogP contribution >= 0.6 is 0 Å². The second-order valence-electron chi connectivity index (χ2n) is 7.78. The van der Waals surface area contributed by atoms with Crippen LogP contribution in [0.3, 0.4) is 0 Å². The van der Waals surface area contributed by atoms with Gasteiger partial charge in [-0.1, -0.05) is 0 Å². The molecule has 3 aromatic rings. The van der Waals surface area contributed by atoms with E-state index >= 15 is 0 Å². The number of imidazole rings is 1. The number of aromatic nitrogens is 6. The van der Waals surface area contributed by atoms with Crippen molar-refractivity contribution in [2.75, 3.05) is 19.6 Å². The average molecular weight is 366 g/mol. The van der Waals surface area contributed by atoms with E-state index in [2.05, 4.69) is 52.3 Å². The Morgan fingerprint density at radius 2 is 2.00 bits per heavy atom. The van der Waals surface area contributed by atoms with Gasteiger partial charge >= 0.3 is 0 Å². The zero-order valence-electron chi connectivity index (χ0n) is 16.0. The third kappa shape index (κ3) is 3.02. The lowest BCUT2D eigenvalue weighted by Gasteiger charge is -2.32. The summed E-state index contributed by atoms with van der Waals surface area (Å²) in [7, 11) is 0. The van der Waals surface area contributed by atoms with E-state index in [-0.39, 0.29) is 0 Å². The number of fused-ring (bicyclic) bond motifs is 2. The molecule has 0 radical (unpaired) electrons. The molecule has 1 saturated heterocycles. The number of aryl methyl sites for hydroxylation is 2. The molecule has 2 aliphatic rings. The molecular weight excluding hydrogens is 340 g/mol. The number of likely N-dealkylation sites (tertiary alicyclic amines) is 1. The zero-order valence-corrected chi connectivity index (χ0v) is 16.0. The number of rotatable bonds is 3. The second-order valence-corrected chi connectivity index (χ2v) is 7.78. The quantitative estimate of drug-likeness (QED) is 0.756. The Balaban J connectivity index is 1.28. The molecule has 0 unspecified atom stereocenters. The maximum absolute atomic E-state index is 4.55. The summed E-state index contributed by atoms with van der Waals surface area (Å²) in [6, 6.07) is 2.12. The fourth-order valence-corrected chi connectivity index (χ4v) is 4.50. The first-order valence-electron chi connectivity index (χ1n) is 9.84. The minimum atomic E-state index is 0.522. The van der Waals surface area contributed by atoms with Gasteiger partial charge in [0.25, 0.3) is 0 Å². The van der Waals surface area contributed by atoms with Gasteiger partial charge in [0, 0.05) is 36.9 Å². The maximum Gasteiger partial charge on any atom is 0.234 e. The van der Waals surface area contributed by atoms with Crippen LogP contribution in [0.1, 0.15) is 47.5 Å². The van der Waals surface area contributed by atoms with Crippen molar-refractivity contribution in [1.29, 1.82) is 0 Å². The smallest absolute Gasteiger partial charge is 0.234 e. The van der Waals surface area contributed by atoms with Gasteiger partial charge in [0.15, 0.2) is 0 Å². The monoisotopic (exact) mass is 366 g/mol. The highest BCUT2D eigenvalue weighted by atomic mass is 15.3. The third-order valence-corrected chi connectivity index (χ3v) is 5.85. The van der Waals surface area contributed by atoms with Gasteiger partial charge in [-0.05, 0) is 45.8 Å². The number of piperidine rings is 1. The van der Waals surface area contributed by atoms with Crippen LogP contribution in [-0.2, 0) is 19.6 Å². The van der Waals surface area contributed by atoms with Crippen LogP contribution in [0.5, 0.6) is 0 Å². The van der Waals surface area contributed by atoms with Crippen LogP contribution in [0.2, 0.25) is 0 Å². The molecule has 142 valence electrons. The molecule has 0 aromatic carbocycles. The Morgan fingerprint density at radius 1 is 1.15 bits per heavy atom. The number of nitrogens with one attached hydrogen (secondary N) is 1. The van der Waals surface area contributed by atoms with E-state index in [1.807, 2.05) is 13.1 Å². The van der Waals surface area contributed by atoms with Gasteiger partial charge in [-0.2, -0.15) is 0 Å². The lowest BCUT2D eigenvalue weighted by atomic mass is 9.95. The van der Waals surface area contributed by atoms with Crippen LogP contribution in [0, 0.1) is 13.8 Å². The van der Waals surface area contributed by atoms with E-state index in [4.69, 9.17) is 0 Å². The normalized spacial score (nSPS) is 18.9. The van der Waals surface area contributed by atoms with Crippen molar-refractivity contribution in [3.8, 4) is 0 Å². The molecule has 27 heavy (non-hydrogen) atoms. The molecule has 0 bridgehead atoms. The first-order chi connectivity index (χ1) is 13.2. The summed E-state index contributed by atoms with van der Waals surface area (Å²) in [5, 5.41) is 12.3. The number of hydrogen-bond donors (Lipinski definition) is 1. The molecular formula is C19H26N8. The fourth-order valence-electron chi connectivity index (χ4n) is 4.50. The van der Waals surface area contributed by atoms with Crippen molar-refractivity contribution in [2.45, 2.75) is 52.2 Å². The Labute approximate surface area is 158 Å². The SMILES string of the molecule is Cc1cc(C)n2c(CN3CCC(c4nnc5n4CCNC5)CC3)cnc2n1. The van der Waals surface area contributed by atoms with Gasteiger partial charge in [0.2, 0.25) is 5.78 Å². The van der Waals surface area contributed by atoms with Crippen molar-refractivity contribution in [2.24, 2.45) is 0 Å². The van der Waals surface area contributed by atoms with E-state index < -0.39 is 0 Å². The van der Waals surface area contributed by atoms with E-state index in [0.29, 0.717) is 5.92 Å². The topological polar surface area (TPSA) is 76.2 Å². The van der Waals surface area contributed by atoms with Crippen LogP contribution in [0.15, 0.2) is 12.3 Å². The second kappa shape index (κ2) is 6.69. The molecule has 8 nitrogen and oxygen atoms in total. The predicted octanol–water partition coefficient (Wildman–Crippen LogP) is 1.42. The van der Waals surface area contributed by atoms with Crippen LogP contribution in [0.4, 0.5) is 0 Å². The van der Waals surface area contributed by atoms with E-state index in [9.17, 15) is 0 Å². The van der Waals surface area contributed by atoms with Gasteiger partial charge in [-0.25, -0.2) is 9.97 Å². The average Bonchev–Trinajstić information content (AvgIpc) is 3.27. The van der Waals surface area contributed by atoms with Gasteiger partial charge in [0.05, 0.1) is 18.4 Å². The van der Waals surface area contributed by atoms with E-state index in [0.717, 1.165) is 69.4 Å². The Bertz CT molecular complexity index is 964. The molecule has 0 amide bonds. The summed E-state index contributed by atoms with van der Waals surface area (Å²) in [6.45, 7) is 10.1. The molecule has 0 saturated carbocycles. The first kappa shape index (κ1) is 16.8. The summed E-state index contributed by atoms with van der Waals surface area (Å²) in [5.74, 6) is 3.61. The highest BCUT2D eigenvalue weighted by Gasteiger charge is 2.27. The molecule has 1 N–H and O–H groups in total. The summed E-state index contributed by atoms with van der Waals surface area (Å²) < 4.78 is 4.51. The Morgan fingerprint density at radius 3 is 2.85 bits per heavy atom. The summed E-state index contributed by atoms with van der Waals surface area (Å²) in [4.78, 5) is 11.6. The predicted molar refractivity (Wildman–Crippen MR) is 101 cm³/mol. The molecule has 5 heterocycles. The third-order valence-electron chi connectivity index (χ3n) is 5.85. The lowest BCUT2D eigenvalue weighted by molar-refractivity contribution is 0.197. The van der Waals surface area contributed by atoms with Crippen molar-refractivity contribution in [3.05, 3.63) is 41.0 Å². The molecule has 5 rings (SSSR count). The number of nitrogens with zero attached hydrogens (tertiary/aromatic N) is 7. The number of hydrogen-bond acceptors (Lipinski definition) is 6. The molecule has 0 aliphatic carbocycles. The fraction of sp³-hybridized carbons (Fsp3) is 0.579. The summed E-state index contributed by atoms with van der Waals surface area (Å²) in [6.07, 6.45) is 4.25. The van der Waals surface area contributed by atoms with Crippen LogP contribution in [-0.4, -0.2) is 53.7 Å². The van der Waals surface area contributed by atoms with Crippen LogP contribution in [0.25, 0.3) is 5.78 Å². The zero-order chi connectivity index (χ0) is 18.4. The van der Waals surface area contributed by atoms with Crippen LogP contribution < -0.4 is 5.32 Å². The maximum atomic E-state index is 4.55. The van der Waals surface area contributed by atoms with Crippen molar-refractivity contribution in [1.82, 2.24) is 39.3 Å². The van der Waals surface area contributed by atoms with Crippen molar-refractivity contribution < 1.29 is 0 Å². The Hall–Kier alpha value is -2.32. The van der Waals surface area contributed by atoms with Crippen molar-refractivity contribution in [3.63, 3.8) is 0 Å². The molecule has 8 heteroatoms. The van der Waals surface area contributed by atoms with Crippen molar-refractivity contribution >= 4 is 5.78 Å². The molecule has 2 aliphatic heterocycles. The van der Waals surface area contributed by atoms with Gasteiger partial charge < -0.3 is 9.88 Å². The standard InChI is InChI=1S/C19H26N8/c1-13-9-14(2)27-16(10-21-19(27)22-13)12-25-6-3-15(4-7-25)18-24-23-17-11-20-5-8-26(17)18/h9-10,15,20H,3-8,11-12H2,1-2H3. The van der Waals surface area contributed by atoms with Gasteiger partial charge in [-0.3, -0.25) is 9.30 Å².